The molecule has 1 aromatic carbocycles. The van der Waals surface area contributed by atoms with Crippen LogP contribution in [0.15, 0.2) is 46.4 Å². The van der Waals surface area contributed by atoms with Crippen molar-refractivity contribution in [3.05, 3.63) is 68.8 Å². The highest BCUT2D eigenvalue weighted by Gasteiger charge is 2.22. The van der Waals surface area contributed by atoms with E-state index in [1.165, 1.54) is 24.6 Å². The summed E-state index contributed by atoms with van der Waals surface area (Å²) >= 11 is 4.65. The van der Waals surface area contributed by atoms with Crippen molar-refractivity contribution in [1.82, 2.24) is 15.6 Å². The van der Waals surface area contributed by atoms with Crippen LogP contribution in [-0.4, -0.2) is 36.5 Å². The number of ether oxygens (including phenoxy) is 2. The number of hydrogen-bond donors (Lipinski definition) is 3. The van der Waals surface area contributed by atoms with Gasteiger partial charge in [-0.25, -0.2) is 9.59 Å². The molecule has 0 spiro atoms. The lowest BCUT2D eigenvalue weighted by molar-refractivity contribution is 0.0527. The minimum Gasteiger partial charge on any atom is -0.462 e. The van der Waals surface area contributed by atoms with E-state index in [9.17, 15) is 14.4 Å². The molecule has 9 nitrogen and oxygen atoms in total. The summed E-state index contributed by atoms with van der Waals surface area (Å²) in [5.41, 5.74) is 2.15. The second kappa shape index (κ2) is 11.6. The van der Waals surface area contributed by atoms with E-state index in [0.29, 0.717) is 27.6 Å². The molecule has 34 heavy (non-hydrogen) atoms. The number of urea groups is 1. The number of esters is 1. The Balaban J connectivity index is 1.58. The molecule has 3 rings (SSSR count). The molecular formula is C23H23BrN4O5S. The molecule has 2 aromatic heterocycles. The van der Waals surface area contributed by atoms with Gasteiger partial charge < -0.3 is 20.1 Å². The summed E-state index contributed by atoms with van der Waals surface area (Å²) in [6, 6.07) is 9.90. The van der Waals surface area contributed by atoms with Gasteiger partial charge >= 0.3 is 12.0 Å². The van der Waals surface area contributed by atoms with Gasteiger partial charge in [-0.3, -0.25) is 15.1 Å². The Labute approximate surface area is 209 Å². The zero-order chi connectivity index (χ0) is 24.7. The number of nitrogens with one attached hydrogen (secondary N) is 3. The Hall–Kier alpha value is -3.44. The Bertz CT molecular complexity index is 1200. The molecule has 0 aliphatic rings. The van der Waals surface area contributed by atoms with Crippen molar-refractivity contribution in [3.63, 3.8) is 0 Å². The van der Waals surface area contributed by atoms with Crippen molar-refractivity contribution in [2.45, 2.75) is 20.4 Å². The first-order chi connectivity index (χ1) is 16.3. The Morgan fingerprint density at radius 3 is 2.53 bits per heavy atom. The predicted octanol–water partition coefficient (Wildman–Crippen LogP) is 4.86. The summed E-state index contributed by atoms with van der Waals surface area (Å²) in [4.78, 5) is 40.4. The lowest BCUT2D eigenvalue weighted by atomic mass is 10.2. The lowest BCUT2D eigenvalue weighted by Crippen LogP contribution is -2.28. The third-order valence-corrected chi connectivity index (χ3v) is 6.67. The maximum atomic E-state index is 12.4. The highest BCUT2D eigenvalue weighted by Crippen LogP contribution is 2.37. The number of halogens is 1. The Morgan fingerprint density at radius 2 is 1.85 bits per heavy atom. The SMILES string of the molecule is CCOC(=O)c1c(NC(=O)NCc2ccc(Oc3ccnc(C(=O)NC)c3)cc2)sc(Br)c1C. The molecule has 3 amide bonds. The summed E-state index contributed by atoms with van der Waals surface area (Å²) in [6.45, 7) is 4.02. The van der Waals surface area contributed by atoms with Crippen LogP contribution in [0.2, 0.25) is 0 Å². The van der Waals surface area contributed by atoms with Crippen LogP contribution in [0.3, 0.4) is 0 Å². The van der Waals surface area contributed by atoms with Gasteiger partial charge in [-0.2, -0.15) is 0 Å². The van der Waals surface area contributed by atoms with E-state index in [4.69, 9.17) is 9.47 Å². The van der Waals surface area contributed by atoms with Crippen LogP contribution in [0.1, 0.15) is 38.9 Å². The minimum absolute atomic E-state index is 0.244. The molecule has 0 radical (unpaired) electrons. The molecule has 0 aliphatic carbocycles. The molecule has 0 atom stereocenters. The molecule has 2 heterocycles. The number of amides is 3. The van der Waals surface area contributed by atoms with E-state index in [-0.39, 0.29) is 24.8 Å². The van der Waals surface area contributed by atoms with Crippen molar-refractivity contribution in [3.8, 4) is 11.5 Å². The summed E-state index contributed by atoms with van der Waals surface area (Å²) in [5.74, 6) is 0.267. The number of aromatic nitrogens is 1. The average Bonchev–Trinajstić information content (AvgIpc) is 3.11. The number of pyridine rings is 1. The van der Waals surface area contributed by atoms with E-state index < -0.39 is 12.0 Å². The molecule has 0 bridgehead atoms. The summed E-state index contributed by atoms with van der Waals surface area (Å²) < 4.78 is 11.6. The van der Waals surface area contributed by atoms with Gasteiger partial charge in [0.2, 0.25) is 0 Å². The molecule has 3 N–H and O–H groups in total. The van der Waals surface area contributed by atoms with Crippen LogP contribution in [-0.2, 0) is 11.3 Å². The predicted molar refractivity (Wildman–Crippen MR) is 133 cm³/mol. The number of rotatable bonds is 8. The zero-order valence-electron chi connectivity index (χ0n) is 18.7. The topological polar surface area (TPSA) is 119 Å². The number of carbonyl (C=O) groups is 3. The number of nitrogens with zero attached hydrogens (tertiary/aromatic N) is 1. The summed E-state index contributed by atoms with van der Waals surface area (Å²) in [5, 5.41) is 8.41. The molecule has 11 heteroatoms. The fraction of sp³-hybridized carbons (Fsp3) is 0.217. The van der Waals surface area contributed by atoms with Gasteiger partial charge in [0.05, 0.1) is 16.0 Å². The monoisotopic (exact) mass is 546 g/mol. The molecule has 0 saturated heterocycles. The number of hydrogen-bond acceptors (Lipinski definition) is 7. The highest BCUT2D eigenvalue weighted by molar-refractivity contribution is 9.11. The standard InChI is InChI=1S/C23H23BrN4O5S/c1-4-32-22(30)18-13(2)19(24)34-21(18)28-23(31)27-12-14-5-7-15(8-6-14)33-16-9-10-26-17(11-16)20(29)25-3/h5-11H,4,12H2,1-3H3,(H,25,29)(H2,27,28,31). The van der Waals surface area contributed by atoms with E-state index in [1.807, 2.05) is 12.1 Å². The van der Waals surface area contributed by atoms with E-state index >= 15 is 0 Å². The van der Waals surface area contributed by atoms with Crippen molar-refractivity contribution in [2.75, 3.05) is 19.0 Å². The quantitative estimate of drug-likeness (QED) is 0.347. The Kier molecular flexibility index (Phi) is 8.61. The van der Waals surface area contributed by atoms with Crippen molar-refractivity contribution in [1.29, 1.82) is 0 Å². The summed E-state index contributed by atoms with van der Waals surface area (Å²) in [6.07, 6.45) is 1.50. The van der Waals surface area contributed by atoms with Gasteiger partial charge in [-0.05, 0) is 59.1 Å². The molecular weight excluding hydrogens is 524 g/mol. The largest absolute Gasteiger partial charge is 0.462 e. The maximum Gasteiger partial charge on any atom is 0.341 e. The number of carbonyl (C=O) groups excluding carboxylic acids is 3. The van der Waals surface area contributed by atoms with Crippen LogP contribution < -0.4 is 20.7 Å². The van der Waals surface area contributed by atoms with Crippen LogP contribution in [0.5, 0.6) is 11.5 Å². The van der Waals surface area contributed by atoms with Crippen molar-refractivity contribution < 1.29 is 23.9 Å². The fourth-order valence-corrected chi connectivity index (χ4v) is 4.49. The normalized spacial score (nSPS) is 10.4. The van der Waals surface area contributed by atoms with E-state index in [1.54, 1.807) is 38.1 Å². The molecule has 3 aromatic rings. The third kappa shape index (κ3) is 6.33. The first-order valence-electron chi connectivity index (χ1n) is 10.3. The molecule has 0 fully saturated rings. The first kappa shape index (κ1) is 25.2. The zero-order valence-corrected chi connectivity index (χ0v) is 21.1. The van der Waals surface area contributed by atoms with Crippen molar-refractivity contribution >= 4 is 50.2 Å². The molecule has 0 aliphatic heterocycles. The molecule has 0 unspecified atom stereocenters. The van der Waals surface area contributed by atoms with Gasteiger partial charge in [0.1, 0.15) is 22.2 Å². The lowest BCUT2D eigenvalue weighted by Gasteiger charge is -2.10. The van der Waals surface area contributed by atoms with Gasteiger partial charge in [0, 0.05) is 25.9 Å². The van der Waals surface area contributed by atoms with Crippen LogP contribution in [0.25, 0.3) is 0 Å². The molecule has 178 valence electrons. The third-order valence-electron chi connectivity index (χ3n) is 4.60. The Morgan fingerprint density at radius 1 is 1.12 bits per heavy atom. The van der Waals surface area contributed by atoms with Gasteiger partial charge in [-0.15, -0.1) is 11.3 Å². The van der Waals surface area contributed by atoms with Gasteiger partial charge in [0.25, 0.3) is 5.91 Å². The molecule has 0 saturated carbocycles. The van der Waals surface area contributed by atoms with Crippen LogP contribution in [0.4, 0.5) is 9.80 Å². The van der Waals surface area contributed by atoms with Crippen LogP contribution >= 0.6 is 27.3 Å². The highest BCUT2D eigenvalue weighted by atomic mass is 79.9. The maximum absolute atomic E-state index is 12.4. The fourth-order valence-electron chi connectivity index (χ4n) is 2.89. The average molecular weight is 547 g/mol. The second-order valence-corrected chi connectivity index (χ2v) is 9.27. The van der Waals surface area contributed by atoms with Crippen LogP contribution in [0, 0.1) is 6.92 Å². The minimum atomic E-state index is -0.482. The smallest absolute Gasteiger partial charge is 0.341 e. The first-order valence-corrected chi connectivity index (χ1v) is 11.9. The number of benzene rings is 1. The number of anilines is 1. The summed E-state index contributed by atoms with van der Waals surface area (Å²) in [7, 11) is 1.53. The second-order valence-electron chi connectivity index (χ2n) is 6.93. The number of thiophene rings is 1. The van der Waals surface area contributed by atoms with Crippen molar-refractivity contribution in [2.24, 2.45) is 0 Å². The van der Waals surface area contributed by atoms with Gasteiger partial charge in [0.15, 0.2) is 0 Å². The van der Waals surface area contributed by atoms with E-state index in [0.717, 1.165) is 9.35 Å². The van der Waals surface area contributed by atoms with Gasteiger partial charge in [-0.1, -0.05) is 12.1 Å². The van der Waals surface area contributed by atoms with E-state index in [2.05, 4.69) is 36.9 Å².